The number of nitrogen functional groups attached to an aromatic ring is 1. The molecule has 3 heterocycles. The third-order valence-corrected chi connectivity index (χ3v) is 5.30. The largest absolute Gasteiger partial charge is 0.381 e. The maximum Gasteiger partial charge on any atom is 0.255 e. The van der Waals surface area contributed by atoms with Crippen LogP contribution in [0.2, 0.25) is 0 Å². The fourth-order valence-corrected chi connectivity index (χ4v) is 3.50. The van der Waals surface area contributed by atoms with Crippen molar-refractivity contribution in [1.82, 2.24) is 29.5 Å². The Morgan fingerprint density at radius 3 is 2.73 bits per heavy atom. The summed E-state index contributed by atoms with van der Waals surface area (Å²) in [5.41, 5.74) is 7.94. The molecule has 166 valence electrons. The fraction of sp³-hybridized carbons (Fsp3) is 0.217. The van der Waals surface area contributed by atoms with Crippen LogP contribution in [0.3, 0.4) is 0 Å². The second kappa shape index (κ2) is 8.63. The van der Waals surface area contributed by atoms with Crippen LogP contribution in [-0.2, 0) is 6.54 Å². The van der Waals surface area contributed by atoms with E-state index in [0.717, 1.165) is 0 Å². The van der Waals surface area contributed by atoms with Crippen LogP contribution in [0.5, 0.6) is 0 Å². The molecule has 0 saturated heterocycles. The van der Waals surface area contributed by atoms with Crippen molar-refractivity contribution in [2.45, 2.75) is 33.4 Å². The van der Waals surface area contributed by atoms with Gasteiger partial charge in [0, 0.05) is 23.4 Å². The van der Waals surface area contributed by atoms with Crippen LogP contribution in [0.4, 0.5) is 10.2 Å². The molecule has 33 heavy (non-hydrogen) atoms. The molecule has 4 aromatic rings. The highest BCUT2D eigenvalue weighted by atomic mass is 19.1. The van der Waals surface area contributed by atoms with Crippen molar-refractivity contribution in [3.05, 3.63) is 75.6 Å². The van der Waals surface area contributed by atoms with Gasteiger partial charge in [0.25, 0.3) is 5.56 Å². The van der Waals surface area contributed by atoms with Crippen molar-refractivity contribution >= 4 is 5.82 Å². The molecule has 10 heteroatoms. The minimum atomic E-state index is -0.818. The molecule has 0 amide bonds. The third kappa shape index (κ3) is 4.08. The zero-order chi connectivity index (χ0) is 23.7. The molecule has 0 aliphatic carbocycles. The van der Waals surface area contributed by atoms with Crippen LogP contribution in [-0.4, -0.2) is 29.5 Å². The number of anilines is 1. The summed E-state index contributed by atoms with van der Waals surface area (Å²) in [6.07, 6.45) is 3.23. The van der Waals surface area contributed by atoms with Crippen LogP contribution in [0.25, 0.3) is 22.8 Å². The molecule has 0 radical (unpaired) electrons. The van der Waals surface area contributed by atoms with Crippen LogP contribution in [0.15, 0.2) is 47.5 Å². The van der Waals surface area contributed by atoms with E-state index >= 15 is 0 Å². The summed E-state index contributed by atoms with van der Waals surface area (Å²) in [5.74, 6) is -0.980. The van der Waals surface area contributed by atoms with Gasteiger partial charge in [-0.05, 0) is 38.5 Å². The molecule has 0 fully saturated rings. The van der Waals surface area contributed by atoms with E-state index in [2.05, 4.69) is 26.3 Å². The lowest BCUT2D eigenvalue weighted by Crippen LogP contribution is -2.25. The van der Waals surface area contributed by atoms with Crippen molar-refractivity contribution < 1.29 is 4.39 Å². The standard InChI is InChI=1S/C23H21FN8O/c1-13(2)32-9-5-7-16(23(32)33)11-31-12-18(29-30-31)20-19(24)21(26)28-22(27-20)17-8-4-6-15(10-25)14(17)3/h4-9,12-13H,11H2,1-3H3,(H2,26,27,28). The highest BCUT2D eigenvalue weighted by Crippen LogP contribution is 2.28. The molecule has 3 aromatic heterocycles. The molecule has 0 spiro atoms. The fourth-order valence-electron chi connectivity index (χ4n) is 3.50. The summed E-state index contributed by atoms with van der Waals surface area (Å²) in [4.78, 5) is 21.0. The second-order valence-corrected chi connectivity index (χ2v) is 7.83. The second-order valence-electron chi connectivity index (χ2n) is 7.83. The number of nitrogens with two attached hydrogens (primary N) is 1. The number of hydrogen-bond donors (Lipinski definition) is 1. The van der Waals surface area contributed by atoms with Gasteiger partial charge in [0.1, 0.15) is 11.4 Å². The summed E-state index contributed by atoms with van der Waals surface area (Å²) in [5, 5.41) is 17.3. The number of benzene rings is 1. The lowest BCUT2D eigenvalue weighted by Gasteiger charge is -2.11. The zero-order valence-corrected chi connectivity index (χ0v) is 18.3. The minimum absolute atomic E-state index is 0.0169. The molecule has 0 aliphatic heterocycles. The molecule has 0 bridgehead atoms. The predicted molar refractivity (Wildman–Crippen MR) is 120 cm³/mol. The number of rotatable bonds is 5. The van der Waals surface area contributed by atoms with E-state index in [4.69, 9.17) is 5.73 Å². The quantitative estimate of drug-likeness (QED) is 0.501. The molecule has 1 aromatic carbocycles. The lowest BCUT2D eigenvalue weighted by molar-refractivity contribution is 0.563. The monoisotopic (exact) mass is 444 g/mol. The number of nitriles is 1. The Morgan fingerprint density at radius 2 is 2.00 bits per heavy atom. The molecule has 0 aliphatic rings. The maximum atomic E-state index is 14.8. The summed E-state index contributed by atoms with van der Waals surface area (Å²) < 4.78 is 17.9. The van der Waals surface area contributed by atoms with E-state index in [1.54, 1.807) is 48.0 Å². The number of pyridine rings is 1. The van der Waals surface area contributed by atoms with E-state index in [1.807, 2.05) is 13.8 Å². The molecule has 0 unspecified atom stereocenters. The van der Waals surface area contributed by atoms with Gasteiger partial charge in [0.05, 0.1) is 24.4 Å². The third-order valence-electron chi connectivity index (χ3n) is 5.30. The summed E-state index contributed by atoms with van der Waals surface area (Å²) in [7, 11) is 0. The molecular formula is C23H21FN8O. The molecule has 9 nitrogen and oxygen atoms in total. The molecule has 0 atom stereocenters. The van der Waals surface area contributed by atoms with E-state index in [1.165, 1.54) is 10.9 Å². The van der Waals surface area contributed by atoms with Gasteiger partial charge in [0.15, 0.2) is 17.5 Å². The first-order chi connectivity index (χ1) is 15.8. The highest BCUT2D eigenvalue weighted by Gasteiger charge is 2.20. The summed E-state index contributed by atoms with van der Waals surface area (Å²) in [6, 6.07) is 10.7. The van der Waals surface area contributed by atoms with Crippen LogP contribution >= 0.6 is 0 Å². The first-order valence-electron chi connectivity index (χ1n) is 10.2. The topological polar surface area (TPSA) is 128 Å². The van der Waals surface area contributed by atoms with Crippen molar-refractivity contribution in [3.8, 4) is 28.8 Å². The van der Waals surface area contributed by atoms with Gasteiger partial charge in [-0.3, -0.25) is 4.79 Å². The van der Waals surface area contributed by atoms with E-state index in [0.29, 0.717) is 22.3 Å². The smallest absolute Gasteiger partial charge is 0.255 e. The van der Waals surface area contributed by atoms with Crippen LogP contribution in [0, 0.1) is 24.1 Å². The Bertz CT molecular complexity index is 1450. The Balaban J connectivity index is 1.73. The van der Waals surface area contributed by atoms with E-state index < -0.39 is 5.82 Å². The lowest BCUT2D eigenvalue weighted by atomic mass is 10.0. The molecular weight excluding hydrogens is 423 g/mol. The van der Waals surface area contributed by atoms with Crippen LogP contribution in [0.1, 0.15) is 36.6 Å². The Morgan fingerprint density at radius 1 is 1.21 bits per heavy atom. The Kier molecular flexibility index (Phi) is 5.70. The van der Waals surface area contributed by atoms with Crippen LogP contribution < -0.4 is 11.3 Å². The average Bonchev–Trinajstić information content (AvgIpc) is 3.25. The maximum absolute atomic E-state index is 14.8. The average molecular weight is 444 g/mol. The number of aromatic nitrogens is 6. The first kappa shape index (κ1) is 21.8. The molecule has 0 saturated carbocycles. The first-order valence-corrected chi connectivity index (χ1v) is 10.2. The normalized spacial score (nSPS) is 11.0. The van der Waals surface area contributed by atoms with Gasteiger partial charge in [-0.25, -0.2) is 19.0 Å². The number of halogens is 1. The minimum Gasteiger partial charge on any atom is -0.381 e. The van der Waals surface area contributed by atoms with Crippen molar-refractivity contribution in [1.29, 1.82) is 5.26 Å². The predicted octanol–water partition coefficient (Wildman–Crippen LogP) is 3.09. The van der Waals surface area contributed by atoms with Crippen molar-refractivity contribution in [3.63, 3.8) is 0 Å². The molecule has 4 rings (SSSR count). The van der Waals surface area contributed by atoms with E-state index in [9.17, 15) is 14.4 Å². The highest BCUT2D eigenvalue weighted by molar-refractivity contribution is 5.69. The Labute approximate surface area is 189 Å². The van der Waals surface area contributed by atoms with Crippen molar-refractivity contribution in [2.24, 2.45) is 0 Å². The number of hydrogen-bond acceptors (Lipinski definition) is 7. The summed E-state index contributed by atoms with van der Waals surface area (Å²) >= 11 is 0. The van der Waals surface area contributed by atoms with E-state index in [-0.39, 0.29) is 41.2 Å². The summed E-state index contributed by atoms with van der Waals surface area (Å²) in [6.45, 7) is 5.77. The zero-order valence-electron chi connectivity index (χ0n) is 18.3. The van der Waals surface area contributed by atoms with Gasteiger partial charge >= 0.3 is 0 Å². The van der Waals surface area contributed by atoms with Gasteiger partial charge in [0.2, 0.25) is 0 Å². The Hall–Kier alpha value is -4.39. The molecule has 2 N–H and O–H groups in total. The van der Waals surface area contributed by atoms with Crippen molar-refractivity contribution in [2.75, 3.05) is 5.73 Å². The van der Waals surface area contributed by atoms with Gasteiger partial charge < -0.3 is 10.3 Å². The van der Waals surface area contributed by atoms with Gasteiger partial charge in [-0.15, -0.1) is 5.10 Å². The van der Waals surface area contributed by atoms with Gasteiger partial charge in [-0.1, -0.05) is 23.4 Å². The SMILES string of the molecule is Cc1c(C#N)cccc1-c1nc(N)c(F)c(-c2cn(Cc3cccn(C(C)C)c3=O)nn2)n1. The number of nitrogens with zero attached hydrogens (tertiary/aromatic N) is 7. The van der Waals surface area contributed by atoms with Gasteiger partial charge in [-0.2, -0.15) is 5.26 Å².